The SMILES string of the molecule is CC(C)Cc1ccc(S(=O)(=O)N2CCC3CNCC3C2)cc1.Cl. The van der Waals surface area contributed by atoms with E-state index in [0.29, 0.717) is 35.7 Å². The summed E-state index contributed by atoms with van der Waals surface area (Å²) in [5.41, 5.74) is 1.20. The highest BCUT2D eigenvalue weighted by Crippen LogP contribution is 2.30. The normalized spacial score (nSPS) is 25.2. The van der Waals surface area contributed by atoms with Crippen LogP contribution >= 0.6 is 12.4 Å². The summed E-state index contributed by atoms with van der Waals surface area (Å²) in [6.45, 7) is 7.65. The molecule has 2 atom stereocenters. The van der Waals surface area contributed by atoms with Gasteiger partial charge in [-0.25, -0.2) is 8.42 Å². The Hall–Kier alpha value is -0.620. The minimum Gasteiger partial charge on any atom is -0.316 e. The average molecular weight is 359 g/mol. The van der Waals surface area contributed by atoms with E-state index in [1.54, 1.807) is 16.4 Å². The molecular formula is C17H27ClN2O2S. The quantitative estimate of drug-likeness (QED) is 0.899. The van der Waals surface area contributed by atoms with Crippen LogP contribution in [0, 0.1) is 17.8 Å². The Morgan fingerprint density at radius 1 is 1.17 bits per heavy atom. The van der Waals surface area contributed by atoms with Gasteiger partial charge in [-0.15, -0.1) is 12.4 Å². The zero-order chi connectivity index (χ0) is 15.7. The second-order valence-corrected chi connectivity index (χ2v) is 9.01. The first kappa shape index (κ1) is 18.7. The van der Waals surface area contributed by atoms with Crippen molar-refractivity contribution in [2.75, 3.05) is 26.2 Å². The second-order valence-electron chi connectivity index (χ2n) is 7.07. The average Bonchev–Trinajstić information content (AvgIpc) is 2.94. The van der Waals surface area contributed by atoms with E-state index < -0.39 is 10.0 Å². The molecule has 23 heavy (non-hydrogen) atoms. The summed E-state index contributed by atoms with van der Waals surface area (Å²) >= 11 is 0. The molecular weight excluding hydrogens is 332 g/mol. The van der Waals surface area contributed by atoms with E-state index in [9.17, 15) is 8.42 Å². The summed E-state index contributed by atoms with van der Waals surface area (Å²) in [4.78, 5) is 0.435. The van der Waals surface area contributed by atoms with Crippen LogP contribution in [0.1, 0.15) is 25.8 Å². The highest BCUT2D eigenvalue weighted by atomic mass is 35.5. The monoisotopic (exact) mass is 358 g/mol. The maximum absolute atomic E-state index is 12.8. The van der Waals surface area contributed by atoms with E-state index in [2.05, 4.69) is 19.2 Å². The van der Waals surface area contributed by atoms with Gasteiger partial charge in [0.1, 0.15) is 0 Å². The maximum Gasteiger partial charge on any atom is 0.243 e. The van der Waals surface area contributed by atoms with Gasteiger partial charge in [-0.1, -0.05) is 26.0 Å². The van der Waals surface area contributed by atoms with E-state index >= 15 is 0 Å². The van der Waals surface area contributed by atoms with Gasteiger partial charge in [0.25, 0.3) is 0 Å². The summed E-state index contributed by atoms with van der Waals surface area (Å²) in [6.07, 6.45) is 1.96. The van der Waals surface area contributed by atoms with Crippen molar-refractivity contribution in [3.05, 3.63) is 29.8 Å². The first-order valence-corrected chi connectivity index (χ1v) is 9.70. The van der Waals surface area contributed by atoms with E-state index in [-0.39, 0.29) is 12.4 Å². The van der Waals surface area contributed by atoms with Crippen molar-refractivity contribution in [1.29, 1.82) is 0 Å². The Morgan fingerprint density at radius 3 is 2.48 bits per heavy atom. The number of hydrogen-bond donors (Lipinski definition) is 1. The van der Waals surface area contributed by atoms with Gasteiger partial charge in [-0.2, -0.15) is 4.31 Å². The third-order valence-corrected chi connectivity index (χ3v) is 6.75. The van der Waals surface area contributed by atoms with Gasteiger partial charge in [0, 0.05) is 13.1 Å². The van der Waals surface area contributed by atoms with E-state index in [1.165, 1.54) is 5.56 Å². The number of nitrogens with zero attached hydrogens (tertiary/aromatic N) is 1. The summed E-state index contributed by atoms with van der Waals surface area (Å²) < 4.78 is 27.3. The first-order chi connectivity index (χ1) is 10.5. The molecule has 1 aromatic carbocycles. The molecule has 130 valence electrons. The van der Waals surface area contributed by atoms with Gasteiger partial charge < -0.3 is 5.32 Å². The number of piperidine rings is 1. The van der Waals surface area contributed by atoms with E-state index in [0.717, 1.165) is 25.9 Å². The Bertz CT molecular complexity index is 616. The lowest BCUT2D eigenvalue weighted by Crippen LogP contribution is -2.43. The molecule has 6 heteroatoms. The third-order valence-electron chi connectivity index (χ3n) is 4.87. The molecule has 0 spiro atoms. The number of halogens is 1. The minimum absolute atomic E-state index is 0. The molecule has 3 rings (SSSR count). The van der Waals surface area contributed by atoms with Crippen LogP contribution in [0.4, 0.5) is 0 Å². The highest BCUT2D eigenvalue weighted by Gasteiger charge is 2.37. The van der Waals surface area contributed by atoms with E-state index in [4.69, 9.17) is 0 Å². The predicted octanol–water partition coefficient (Wildman–Crippen LogP) is 2.54. The van der Waals surface area contributed by atoms with Crippen molar-refractivity contribution in [2.24, 2.45) is 17.8 Å². The number of fused-ring (bicyclic) bond motifs is 1. The maximum atomic E-state index is 12.8. The van der Waals surface area contributed by atoms with Crippen molar-refractivity contribution in [1.82, 2.24) is 9.62 Å². The fourth-order valence-corrected chi connectivity index (χ4v) is 5.15. The van der Waals surface area contributed by atoms with Crippen LogP contribution in [-0.4, -0.2) is 38.9 Å². The van der Waals surface area contributed by atoms with Crippen molar-refractivity contribution in [3.8, 4) is 0 Å². The first-order valence-electron chi connectivity index (χ1n) is 8.26. The third kappa shape index (κ3) is 4.08. The Kier molecular flexibility index (Phi) is 6.11. The van der Waals surface area contributed by atoms with Crippen LogP contribution < -0.4 is 5.32 Å². The number of hydrogen-bond acceptors (Lipinski definition) is 3. The molecule has 0 saturated carbocycles. The van der Waals surface area contributed by atoms with Gasteiger partial charge >= 0.3 is 0 Å². The summed E-state index contributed by atoms with van der Waals surface area (Å²) in [5, 5.41) is 3.38. The molecule has 1 N–H and O–H groups in total. The van der Waals surface area contributed by atoms with Crippen LogP contribution in [0.5, 0.6) is 0 Å². The molecule has 4 nitrogen and oxygen atoms in total. The highest BCUT2D eigenvalue weighted by molar-refractivity contribution is 7.89. The van der Waals surface area contributed by atoms with Crippen LogP contribution in [-0.2, 0) is 16.4 Å². The van der Waals surface area contributed by atoms with Gasteiger partial charge in [0.15, 0.2) is 0 Å². The molecule has 0 radical (unpaired) electrons. The Balaban J connectivity index is 0.00000192. The molecule has 2 heterocycles. The van der Waals surface area contributed by atoms with Crippen LogP contribution in [0.25, 0.3) is 0 Å². The molecule has 0 amide bonds. The summed E-state index contributed by atoms with van der Waals surface area (Å²) in [7, 11) is -3.34. The second kappa shape index (κ2) is 7.51. The minimum atomic E-state index is -3.34. The van der Waals surface area contributed by atoms with Gasteiger partial charge in [0.05, 0.1) is 4.90 Å². The van der Waals surface area contributed by atoms with E-state index in [1.807, 2.05) is 12.1 Å². The molecule has 2 aliphatic heterocycles. The largest absolute Gasteiger partial charge is 0.316 e. The van der Waals surface area contributed by atoms with Crippen molar-refractivity contribution in [3.63, 3.8) is 0 Å². The smallest absolute Gasteiger partial charge is 0.243 e. The lowest BCUT2D eigenvalue weighted by molar-refractivity contribution is 0.228. The zero-order valence-corrected chi connectivity index (χ0v) is 15.5. The Labute approximate surface area is 146 Å². The van der Waals surface area contributed by atoms with Crippen LogP contribution in [0.2, 0.25) is 0 Å². The predicted molar refractivity (Wildman–Crippen MR) is 95.5 cm³/mol. The number of sulfonamides is 1. The molecule has 2 fully saturated rings. The molecule has 2 unspecified atom stereocenters. The molecule has 0 aromatic heterocycles. The van der Waals surface area contributed by atoms with Crippen molar-refractivity contribution in [2.45, 2.75) is 31.6 Å². The molecule has 0 aliphatic carbocycles. The number of rotatable bonds is 4. The zero-order valence-electron chi connectivity index (χ0n) is 13.9. The fraction of sp³-hybridized carbons (Fsp3) is 0.647. The molecule has 2 saturated heterocycles. The van der Waals surface area contributed by atoms with Crippen molar-refractivity contribution >= 4 is 22.4 Å². The number of nitrogens with one attached hydrogen (secondary N) is 1. The topological polar surface area (TPSA) is 49.4 Å². The van der Waals surface area contributed by atoms with Gasteiger partial charge in [-0.3, -0.25) is 0 Å². The lowest BCUT2D eigenvalue weighted by atomic mass is 9.90. The Morgan fingerprint density at radius 2 is 1.83 bits per heavy atom. The van der Waals surface area contributed by atoms with Crippen LogP contribution in [0.3, 0.4) is 0 Å². The van der Waals surface area contributed by atoms with Crippen LogP contribution in [0.15, 0.2) is 29.2 Å². The van der Waals surface area contributed by atoms with Gasteiger partial charge in [0.2, 0.25) is 10.0 Å². The number of benzene rings is 1. The standard InChI is InChI=1S/C17H26N2O2S.ClH/c1-13(2)9-14-3-5-17(6-4-14)22(20,21)19-8-7-15-10-18-11-16(15)12-19;/h3-6,13,15-16,18H,7-12H2,1-2H3;1H. The molecule has 1 aromatic rings. The van der Waals surface area contributed by atoms with Crippen molar-refractivity contribution < 1.29 is 8.42 Å². The summed E-state index contributed by atoms with van der Waals surface area (Å²) in [5.74, 6) is 1.71. The molecule has 0 bridgehead atoms. The fourth-order valence-electron chi connectivity index (χ4n) is 3.64. The summed E-state index contributed by atoms with van der Waals surface area (Å²) in [6, 6.07) is 7.45. The molecule has 2 aliphatic rings. The lowest BCUT2D eigenvalue weighted by Gasteiger charge is -2.33. The van der Waals surface area contributed by atoms with Gasteiger partial charge in [-0.05, 0) is 61.4 Å².